The van der Waals surface area contributed by atoms with Gasteiger partial charge >= 0.3 is 11.8 Å². The summed E-state index contributed by atoms with van der Waals surface area (Å²) < 4.78 is 26.4. The zero-order chi connectivity index (χ0) is 17.8. The number of benzene rings is 1. The third-order valence-electron chi connectivity index (χ3n) is 4.31. The Morgan fingerprint density at radius 1 is 1.12 bits per heavy atom. The number of hydrogen-bond donors (Lipinski definition) is 1. The number of rotatable bonds is 2. The number of nitrogens with zero attached hydrogens (tertiary/aromatic N) is 2. The van der Waals surface area contributed by atoms with E-state index in [0.29, 0.717) is 37.2 Å². The minimum atomic E-state index is -0.872. The zero-order valence-corrected chi connectivity index (χ0v) is 13.4. The fraction of sp³-hybridized carbons (Fsp3) is 0.278. The van der Waals surface area contributed by atoms with Gasteiger partial charge in [-0.05, 0) is 48.6 Å². The number of likely N-dealkylation sites (tertiary alicyclic amines) is 1. The van der Waals surface area contributed by atoms with Crippen LogP contribution in [0.3, 0.4) is 0 Å². The lowest BCUT2D eigenvalue weighted by atomic mass is 9.89. The second-order valence-electron chi connectivity index (χ2n) is 5.94. The molecule has 0 atom stereocenters. The van der Waals surface area contributed by atoms with Crippen molar-refractivity contribution in [2.45, 2.75) is 18.8 Å². The molecule has 0 aliphatic carbocycles. The average molecular weight is 345 g/mol. The number of amides is 2. The Morgan fingerprint density at radius 2 is 1.88 bits per heavy atom. The summed E-state index contributed by atoms with van der Waals surface area (Å²) in [5.74, 6) is -3.01. The third-order valence-corrected chi connectivity index (χ3v) is 4.31. The van der Waals surface area contributed by atoms with Crippen LogP contribution in [0.4, 0.5) is 14.5 Å². The lowest BCUT2D eigenvalue weighted by Crippen LogP contribution is -2.43. The van der Waals surface area contributed by atoms with Crippen molar-refractivity contribution in [3.63, 3.8) is 0 Å². The fourth-order valence-electron chi connectivity index (χ4n) is 2.95. The Bertz CT molecular complexity index is 775. The van der Waals surface area contributed by atoms with Crippen molar-refractivity contribution in [3.05, 3.63) is 59.9 Å². The van der Waals surface area contributed by atoms with Crippen LogP contribution in [0.2, 0.25) is 0 Å². The van der Waals surface area contributed by atoms with Crippen molar-refractivity contribution in [1.29, 1.82) is 0 Å². The Kier molecular flexibility index (Phi) is 5.02. The maximum absolute atomic E-state index is 13.4. The number of aromatic nitrogens is 1. The molecule has 2 amide bonds. The van der Waals surface area contributed by atoms with Gasteiger partial charge in [0, 0.05) is 19.3 Å². The summed E-state index contributed by atoms with van der Waals surface area (Å²) in [5.41, 5.74) is 1.17. The summed E-state index contributed by atoms with van der Waals surface area (Å²) in [7, 11) is 0. The predicted octanol–water partition coefficient (Wildman–Crippen LogP) is 2.70. The summed E-state index contributed by atoms with van der Waals surface area (Å²) in [5, 5.41) is 2.51. The monoisotopic (exact) mass is 345 g/mol. The van der Waals surface area contributed by atoms with Crippen LogP contribution in [0, 0.1) is 11.6 Å². The lowest BCUT2D eigenvalue weighted by molar-refractivity contribution is -0.143. The topological polar surface area (TPSA) is 62.3 Å². The molecule has 1 fully saturated rings. The molecule has 0 bridgehead atoms. The van der Waals surface area contributed by atoms with E-state index < -0.39 is 23.4 Å². The van der Waals surface area contributed by atoms with Crippen LogP contribution in [-0.4, -0.2) is 34.8 Å². The van der Waals surface area contributed by atoms with Crippen LogP contribution < -0.4 is 5.32 Å². The number of halogens is 2. The highest BCUT2D eigenvalue weighted by atomic mass is 19.2. The zero-order valence-electron chi connectivity index (χ0n) is 13.4. The number of piperidine rings is 1. The number of anilines is 1. The molecule has 2 aromatic rings. The molecule has 1 saturated heterocycles. The van der Waals surface area contributed by atoms with E-state index in [1.807, 2.05) is 0 Å². The standard InChI is InChI=1S/C18H17F2N3O2/c19-15-4-3-13(10-16(15)20)12-5-8-23(9-6-12)18(25)17(24)22-14-2-1-7-21-11-14/h1-4,7,10-12H,5-6,8-9H2,(H,22,24). The number of carbonyl (C=O) groups is 2. The van der Waals surface area contributed by atoms with E-state index in [1.165, 1.54) is 17.2 Å². The van der Waals surface area contributed by atoms with Gasteiger partial charge in [0.2, 0.25) is 0 Å². The second kappa shape index (κ2) is 7.38. The lowest BCUT2D eigenvalue weighted by Gasteiger charge is -2.31. The predicted molar refractivity (Wildman–Crippen MR) is 87.8 cm³/mol. The molecule has 1 aliphatic rings. The molecule has 25 heavy (non-hydrogen) atoms. The van der Waals surface area contributed by atoms with Crippen molar-refractivity contribution in [3.8, 4) is 0 Å². The Morgan fingerprint density at radius 3 is 2.52 bits per heavy atom. The van der Waals surface area contributed by atoms with Crippen LogP contribution in [-0.2, 0) is 9.59 Å². The van der Waals surface area contributed by atoms with Gasteiger partial charge in [0.25, 0.3) is 0 Å². The highest BCUT2D eigenvalue weighted by Crippen LogP contribution is 2.29. The molecular weight excluding hydrogens is 328 g/mol. The van der Waals surface area contributed by atoms with Gasteiger partial charge in [0.1, 0.15) is 0 Å². The number of pyridine rings is 1. The minimum Gasteiger partial charge on any atom is -0.334 e. The van der Waals surface area contributed by atoms with E-state index in [0.717, 1.165) is 6.07 Å². The van der Waals surface area contributed by atoms with Crippen molar-refractivity contribution in [2.24, 2.45) is 0 Å². The Hall–Kier alpha value is -2.83. The average Bonchev–Trinajstić information content (AvgIpc) is 2.64. The van der Waals surface area contributed by atoms with Crippen LogP contribution in [0.5, 0.6) is 0 Å². The van der Waals surface area contributed by atoms with Crippen LogP contribution in [0.1, 0.15) is 24.3 Å². The second-order valence-corrected chi connectivity index (χ2v) is 5.94. The van der Waals surface area contributed by atoms with E-state index in [1.54, 1.807) is 24.4 Å². The van der Waals surface area contributed by atoms with E-state index in [4.69, 9.17) is 0 Å². The number of nitrogens with one attached hydrogen (secondary N) is 1. The van der Waals surface area contributed by atoms with Gasteiger partial charge in [-0.15, -0.1) is 0 Å². The fourth-order valence-corrected chi connectivity index (χ4v) is 2.95. The van der Waals surface area contributed by atoms with Gasteiger partial charge in [-0.2, -0.15) is 0 Å². The molecule has 0 spiro atoms. The molecule has 1 aromatic carbocycles. The van der Waals surface area contributed by atoms with Gasteiger partial charge in [-0.1, -0.05) is 6.07 Å². The van der Waals surface area contributed by atoms with Crippen LogP contribution in [0.15, 0.2) is 42.7 Å². The van der Waals surface area contributed by atoms with Gasteiger partial charge in [0.05, 0.1) is 11.9 Å². The molecule has 0 saturated carbocycles. The molecule has 0 unspecified atom stereocenters. The van der Waals surface area contributed by atoms with Crippen LogP contribution >= 0.6 is 0 Å². The molecule has 1 aliphatic heterocycles. The van der Waals surface area contributed by atoms with Crippen molar-refractivity contribution in [2.75, 3.05) is 18.4 Å². The molecule has 3 rings (SSSR count). The highest BCUT2D eigenvalue weighted by Gasteiger charge is 2.28. The Balaban J connectivity index is 1.57. The normalized spacial score (nSPS) is 15.0. The van der Waals surface area contributed by atoms with Crippen molar-refractivity contribution < 1.29 is 18.4 Å². The first-order valence-corrected chi connectivity index (χ1v) is 8.00. The van der Waals surface area contributed by atoms with E-state index in [9.17, 15) is 18.4 Å². The molecule has 0 radical (unpaired) electrons. The van der Waals surface area contributed by atoms with E-state index >= 15 is 0 Å². The smallest absolute Gasteiger partial charge is 0.313 e. The number of hydrogen-bond acceptors (Lipinski definition) is 3. The summed E-state index contributed by atoms with van der Waals surface area (Å²) in [6.07, 6.45) is 4.22. The maximum atomic E-state index is 13.4. The quantitative estimate of drug-likeness (QED) is 0.852. The summed E-state index contributed by atoms with van der Waals surface area (Å²) >= 11 is 0. The minimum absolute atomic E-state index is 0.0422. The molecule has 5 nitrogen and oxygen atoms in total. The highest BCUT2D eigenvalue weighted by molar-refractivity contribution is 6.39. The van der Waals surface area contributed by atoms with Gasteiger partial charge in [0.15, 0.2) is 11.6 Å². The van der Waals surface area contributed by atoms with Gasteiger partial charge in [-0.3, -0.25) is 14.6 Å². The van der Waals surface area contributed by atoms with Crippen molar-refractivity contribution >= 4 is 17.5 Å². The first-order chi connectivity index (χ1) is 12.0. The van der Waals surface area contributed by atoms with Crippen molar-refractivity contribution in [1.82, 2.24) is 9.88 Å². The summed E-state index contributed by atoms with van der Waals surface area (Å²) in [6.45, 7) is 0.784. The maximum Gasteiger partial charge on any atom is 0.313 e. The largest absolute Gasteiger partial charge is 0.334 e. The molecule has 1 aromatic heterocycles. The summed E-state index contributed by atoms with van der Waals surface area (Å²) in [4.78, 5) is 29.6. The third kappa shape index (κ3) is 3.99. The van der Waals surface area contributed by atoms with E-state index in [-0.39, 0.29) is 5.92 Å². The molecule has 7 heteroatoms. The first-order valence-electron chi connectivity index (χ1n) is 8.00. The molecule has 130 valence electrons. The first kappa shape index (κ1) is 17.0. The molecule has 1 N–H and O–H groups in total. The molecular formula is C18H17F2N3O2. The van der Waals surface area contributed by atoms with E-state index in [2.05, 4.69) is 10.3 Å². The SMILES string of the molecule is O=C(Nc1cccnc1)C(=O)N1CCC(c2ccc(F)c(F)c2)CC1. The summed E-state index contributed by atoms with van der Waals surface area (Å²) in [6, 6.07) is 7.19. The van der Waals surface area contributed by atoms with Gasteiger partial charge in [-0.25, -0.2) is 8.78 Å². The Labute approximate surface area is 143 Å². The molecule has 2 heterocycles. The van der Waals surface area contributed by atoms with Crippen LogP contribution in [0.25, 0.3) is 0 Å². The van der Waals surface area contributed by atoms with Gasteiger partial charge < -0.3 is 10.2 Å². The number of carbonyl (C=O) groups excluding carboxylic acids is 2.